The van der Waals surface area contributed by atoms with Gasteiger partial charge in [-0.05, 0) is 6.88 Å². The Kier molecular flexibility index (Phi) is 1.16. The van der Waals surface area contributed by atoms with Crippen LogP contribution in [0.1, 0.15) is 9.62 Å². The van der Waals surface area contributed by atoms with Gasteiger partial charge in [-0.1, -0.05) is 19.6 Å². The van der Waals surface area contributed by atoms with Crippen LogP contribution in [0.15, 0.2) is 0 Å². The van der Waals surface area contributed by atoms with Gasteiger partial charge in [-0.2, -0.15) is 0 Å². The van der Waals surface area contributed by atoms with E-state index < -0.39 is 14.9 Å². The van der Waals surface area contributed by atoms with Crippen molar-refractivity contribution in [3.05, 3.63) is 0 Å². The van der Waals surface area contributed by atoms with Crippen molar-refractivity contribution in [3.63, 3.8) is 0 Å². The Bertz CT molecular complexity index is 135. The molecule has 0 rings (SSSR count). The lowest BCUT2D eigenvalue weighted by atomic mass is 10.8. The minimum atomic E-state index is -1.32. The zero-order valence-electron chi connectivity index (χ0n) is 7.08. The highest BCUT2D eigenvalue weighted by atomic mass is 28.3. The van der Waals surface area contributed by atoms with Crippen LogP contribution in [0.25, 0.3) is 0 Å². The van der Waals surface area contributed by atoms with E-state index >= 15 is 0 Å². The quantitative estimate of drug-likeness (QED) is 0.333. The van der Waals surface area contributed by atoms with E-state index in [-0.39, 0.29) is 0 Å². The van der Waals surface area contributed by atoms with Crippen LogP contribution in [-0.4, -0.2) is 8.07 Å². The number of rotatable bonds is 0. The van der Waals surface area contributed by atoms with E-state index in [2.05, 4.69) is 31.1 Å². The average molecular weight is 114 g/mol. The van der Waals surface area contributed by atoms with Crippen molar-refractivity contribution < 1.29 is 2.74 Å². The molecule has 0 heterocycles. The molecule has 0 unspecified atom stereocenters. The van der Waals surface area contributed by atoms with Crippen molar-refractivity contribution in [3.8, 4) is 11.5 Å². The normalized spacial score (nSPS) is 14.3. The van der Waals surface area contributed by atoms with E-state index in [1.165, 1.54) is 0 Å². The molecule has 7 heavy (non-hydrogen) atoms. The largest absolute Gasteiger partial charge is 0.132 e. The Morgan fingerprint density at radius 1 is 1.43 bits per heavy atom. The monoisotopic (exact) mass is 114 g/mol. The summed E-state index contributed by atoms with van der Waals surface area (Å²) in [6.45, 7) is 5.34. The van der Waals surface area contributed by atoms with Gasteiger partial charge in [-0.15, -0.1) is 11.5 Å². The van der Waals surface area contributed by atoms with E-state index in [4.69, 9.17) is 2.74 Å². The van der Waals surface area contributed by atoms with Crippen molar-refractivity contribution in [1.29, 1.82) is 0 Å². The van der Waals surface area contributed by atoms with Crippen LogP contribution >= 0.6 is 0 Å². The molecule has 40 valence electrons. The Morgan fingerprint density at radius 3 is 2.14 bits per heavy atom. The van der Waals surface area contributed by atoms with Gasteiger partial charge in [0.25, 0.3) is 0 Å². The summed E-state index contributed by atoms with van der Waals surface area (Å²) in [5.41, 5.74) is 2.94. The summed E-state index contributed by atoms with van der Waals surface area (Å²) in [5.74, 6) is 2.53. The predicted molar refractivity (Wildman–Crippen MR) is 36.8 cm³/mol. The van der Waals surface area contributed by atoms with Gasteiger partial charge < -0.3 is 0 Å². The second-order valence-corrected chi connectivity index (χ2v) is 7.27. The lowest BCUT2D eigenvalue weighted by Gasteiger charge is -2.01. The standard InChI is InChI=1S/C6H12Si/c1-5-6-7(2,3)4/h1-4H3/i1D2. The number of hydrogen-bond acceptors (Lipinski definition) is 0. The highest BCUT2D eigenvalue weighted by Gasteiger charge is 2.05. The van der Waals surface area contributed by atoms with Gasteiger partial charge in [0.2, 0.25) is 0 Å². The van der Waals surface area contributed by atoms with Crippen LogP contribution in [-0.2, 0) is 0 Å². The lowest BCUT2D eigenvalue weighted by Crippen LogP contribution is -2.15. The molecular weight excluding hydrogens is 100 g/mol. The lowest BCUT2D eigenvalue weighted by molar-refractivity contribution is 1.80. The first-order valence-electron chi connectivity index (χ1n) is 3.44. The van der Waals surface area contributed by atoms with Crippen LogP contribution in [0.5, 0.6) is 0 Å². The third kappa shape index (κ3) is 5.78. The van der Waals surface area contributed by atoms with Crippen molar-refractivity contribution in [2.75, 3.05) is 0 Å². The molecule has 0 bridgehead atoms. The van der Waals surface area contributed by atoms with Crippen molar-refractivity contribution in [1.82, 2.24) is 0 Å². The average Bonchev–Trinajstić information content (AvgIpc) is 1.59. The fourth-order valence-corrected chi connectivity index (χ4v) is 0.650. The van der Waals surface area contributed by atoms with Gasteiger partial charge in [0.15, 0.2) is 0 Å². The minimum Gasteiger partial charge on any atom is -0.132 e. The highest BCUT2D eigenvalue weighted by Crippen LogP contribution is 1.95. The minimum absolute atomic E-state index is 0.961. The Hall–Kier alpha value is -0.223. The van der Waals surface area contributed by atoms with Crippen molar-refractivity contribution in [2.45, 2.75) is 26.5 Å². The summed E-state index contributed by atoms with van der Waals surface area (Å²) < 4.78 is 13.5. The third-order valence-corrected chi connectivity index (χ3v) is 1.34. The zero-order valence-corrected chi connectivity index (χ0v) is 6.08. The molecule has 0 aliphatic heterocycles. The first-order valence-corrected chi connectivity index (χ1v) is 5.79. The Balaban J connectivity index is 3.88. The molecule has 0 radical (unpaired) electrons. The predicted octanol–water partition coefficient (Wildman–Crippen LogP) is 1.89. The summed E-state index contributed by atoms with van der Waals surface area (Å²) in [6, 6.07) is 0. The molecule has 0 N–H and O–H groups in total. The molecule has 0 nitrogen and oxygen atoms in total. The number of hydrogen-bond donors (Lipinski definition) is 0. The fraction of sp³-hybridized carbons (Fsp3) is 0.667. The van der Waals surface area contributed by atoms with Crippen LogP contribution in [0.2, 0.25) is 19.6 Å². The van der Waals surface area contributed by atoms with Gasteiger partial charge in [0.1, 0.15) is 8.07 Å². The maximum atomic E-state index is 6.77. The summed E-state index contributed by atoms with van der Waals surface area (Å²) >= 11 is 0. The van der Waals surface area contributed by atoms with Crippen molar-refractivity contribution >= 4 is 8.07 Å². The molecule has 0 spiro atoms. The van der Waals surface area contributed by atoms with Gasteiger partial charge in [0, 0.05) is 2.74 Å². The molecule has 0 aliphatic rings. The van der Waals surface area contributed by atoms with E-state index in [9.17, 15) is 0 Å². The second kappa shape index (κ2) is 2.18. The molecule has 0 aromatic carbocycles. The first kappa shape index (κ1) is 3.74. The van der Waals surface area contributed by atoms with Gasteiger partial charge in [-0.25, -0.2) is 0 Å². The Morgan fingerprint density at radius 2 is 2.00 bits per heavy atom. The molecule has 0 aromatic heterocycles. The van der Waals surface area contributed by atoms with Crippen LogP contribution in [0.4, 0.5) is 0 Å². The van der Waals surface area contributed by atoms with Gasteiger partial charge in [-0.3, -0.25) is 0 Å². The van der Waals surface area contributed by atoms with Gasteiger partial charge >= 0.3 is 0 Å². The highest BCUT2D eigenvalue weighted by molar-refractivity contribution is 6.83. The van der Waals surface area contributed by atoms with E-state index in [0.717, 1.165) is 0 Å². The molecule has 0 aliphatic carbocycles. The molecule has 0 amide bonds. The fourth-order valence-electron chi connectivity index (χ4n) is 0.217. The van der Waals surface area contributed by atoms with E-state index in [0.29, 0.717) is 0 Å². The second-order valence-electron chi connectivity index (χ2n) is 2.52. The topological polar surface area (TPSA) is 0 Å². The zero-order chi connectivity index (χ0) is 7.49. The van der Waals surface area contributed by atoms with Gasteiger partial charge in [0.05, 0.1) is 0 Å². The first-order chi connectivity index (χ1) is 3.92. The maximum Gasteiger partial charge on any atom is 0.129 e. The molecular formula is C6H12Si. The van der Waals surface area contributed by atoms with Crippen LogP contribution < -0.4 is 0 Å². The third-order valence-electron chi connectivity index (χ3n) is 0.447. The van der Waals surface area contributed by atoms with Crippen LogP contribution in [0, 0.1) is 11.5 Å². The smallest absolute Gasteiger partial charge is 0.129 e. The Labute approximate surface area is 49.8 Å². The summed E-state index contributed by atoms with van der Waals surface area (Å²) in [4.78, 5) is 0. The molecule has 1 heteroatoms. The molecule has 0 saturated carbocycles. The summed E-state index contributed by atoms with van der Waals surface area (Å²) in [5, 5.41) is 0. The molecule has 0 aromatic rings. The maximum absolute atomic E-state index is 6.77. The molecule has 0 atom stereocenters. The molecule has 0 saturated heterocycles. The van der Waals surface area contributed by atoms with Crippen LogP contribution in [0.3, 0.4) is 0 Å². The summed E-state index contributed by atoms with van der Waals surface area (Å²) in [6.07, 6.45) is 0. The summed E-state index contributed by atoms with van der Waals surface area (Å²) in [7, 11) is -1.32. The molecule has 0 fully saturated rings. The van der Waals surface area contributed by atoms with Crippen molar-refractivity contribution in [2.24, 2.45) is 0 Å². The van der Waals surface area contributed by atoms with E-state index in [1.807, 2.05) is 0 Å². The SMILES string of the molecule is [2H]C([2H])C#C[Si](C)(C)C. The van der Waals surface area contributed by atoms with E-state index in [1.54, 1.807) is 0 Å².